The van der Waals surface area contributed by atoms with Gasteiger partial charge in [-0.1, -0.05) is 60.7 Å². The van der Waals surface area contributed by atoms with Crippen LogP contribution in [0.5, 0.6) is 0 Å². The number of esters is 1. The van der Waals surface area contributed by atoms with Crippen molar-refractivity contribution in [2.45, 2.75) is 44.6 Å². The Morgan fingerprint density at radius 2 is 1.60 bits per heavy atom. The average molecular weight is 408 g/mol. The quantitative estimate of drug-likeness (QED) is 0.542. The van der Waals surface area contributed by atoms with Gasteiger partial charge in [0.25, 0.3) is 5.91 Å². The summed E-state index contributed by atoms with van der Waals surface area (Å²) in [6.45, 7) is 2.03. The molecule has 0 N–H and O–H groups in total. The summed E-state index contributed by atoms with van der Waals surface area (Å²) in [5.41, 5.74) is 0.801. The number of likely N-dealkylation sites (tertiary alicyclic amines) is 1. The summed E-state index contributed by atoms with van der Waals surface area (Å²) < 4.78 is 5.43. The molecule has 30 heavy (non-hydrogen) atoms. The van der Waals surface area contributed by atoms with Gasteiger partial charge in [0.05, 0.1) is 6.54 Å². The van der Waals surface area contributed by atoms with Crippen molar-refractivity contribution in [3.8, 4) is 0 Å². The van der Waals surface area contributed by atoms with E-state index < -0.39 is 17.6 Å². The SMILES string of the molecule is CC(=O)N1C(C(=O)OCc2ccccc2)CCC12CN(OCc1ccccc1)C2=O. The fourth-order valence-corrected chi connectivity index (χ4v) is 4.21. The standard InChI is InChI=1S/C23H24N2O5/c1-17(26)25-20(21(27)29-14-18-8-4-2-5-9-18)12-13-23(25)16-24(22(23)28)30-15-19-10-6-3-7-11-19/h2-11,20H,12-16H2,1H3. The van der Waals surface area contributed by atoms with E-state index in [2.05, 4.69) is 0 Å². The van der Waals surface area contributed by atoms with Crippen molar-refractivity contribution in [3.63, 3.8) is 0 Å². The van der Waals surface area contributed by atoms with Crippen LogP contribution in [0.2, 0.25) is 0 Å². The van der Waals surface area contributed by atoms with Crippen LogP contribution in [0.25, 0.3) is 0 Å². The molecule has 4 rings (SSSR count). The first kappa shape index (κ1) is 20.1. The zero-order chi connectivity index (χ0) is 21.1. The summed E-state index contributed by atoms with van der Waals surface area (Å²) in [5, 5.41) is 1.28. The van der Waals surface area contributed by atoms with Crippen LogP contribution >= 0.6 is 0 Å². The van der Waals surface area contributed by atoms with Crippen molar-refractivity contribution >= 4 is 17.8 Å². The van der Waals surface area contributed by atoms with E-state index in [1.54, 1.807) is 0 Å². The molecule has 2 atom stereocenters. The lowest BCUT2D eigenvalue weighted by Crippen LogP contribution is -2.73. The second kappa shape index (κ2) is 8.28. The molecule has 2 saturated heterocycles. The highest BCUT2D eigenvalue weighted by molar-refractivity contribution is 5.98. The van der Waals surface area contributed by atoms with E-state index in [-0.39, 0.29) is 31.6 Å². The second-order valence-electron chi connectivity index (χ2n) is 7.67. The molecule has 0 saturated carbocycles. The molecule has 1 spiro atoms. The molecule has 156 valence electrons. The molecule has 7 nitrogen and oxygen atoms in total. The number of carbonyl (C=O) groups excluding carboxylic acids is 3. The van der Waals surface area contributed by atoms with Crippen LogP contribution in [-0.2, 0) is 37.2 Å². The molecular formula is C23H24N2O5. The summed E-state index contributed by atoms with van der Waals surface area (Å²) in [6, 6.07) is 18.1. The smallest absolute Gasteiger partial charge is 0.329 e. The highest BCUT2D eigenvalue weighted by Crippen LogP contribution is 2.42. The van der Waals surface area contributed by atoms with E-state index in [4.69, 9.17) is 9.57 Å². The summed E-state index contributed by atoms with van der Waals surface area (Å²) in [5.74, 6) is -1.08. The number of nitrogens with zero attached hydrogens (tertiary/aromatic N) is 2. The van der Waals surface area contributed by atoms with Crippen molar-refractivity contribution in [1.29, 1.82) is 0 Å². The lowest BCUT2D eigenvalue weighted by Gasteiger charge is -2.50. The summed E-state index contributed by atoms with van der Waals surface area (Å²) >= 11 is 0. The Labute approximate surface area is 175 Å². The third kappa shape index (κ3) is 3.68. The first-order valence-corrected chi connectivity index (χ1v) is 10.0. The maximum absolute atomic E-state index is 12.9. The van der Waals surface area contributed by atoms with Gasteiger partial charge in [0.2, 0.25) is 5.91 Å². The van der Waals surface area contributed by atoms with Gasteiger partial charge in [0.15, 0.2) is 0 Å². The van der Waals surface area contributed by atoms with Gasteiger partial charge in [-0.15, -0.1) is 0 Å². The van der Waals surface area contributed by atoms with Gasteiger partial charge in [-0.25, -0.2) is 9.86 Å². The van der Waals surface area contributed by atoms with Gasteiger partial charge in [0, 0.05) is 6.92 Å². The Kier molecular flexibility index (Phi) is 5.55. The normalized spacial score (nSPS) is 22.8. The van der Waals surface area contributed by atoms with Crippen molar-refractivity contribution < 1.29 is 24.0 Å². The second-order valence-corrected chi connectivity index (χ2v) is 7.67. The van der Waals surface area contributed by atoms with Gasteiger partial charge in [-0.2, -0.15) is 0 Å². The maximum Gasteiger partial charge on any atom is 0.329 e. The number of rotatable bonds is 6. The predicted octanol–water partition coefficient (Wildman–Crippen LogP) is 2.45. The average Bonchev–Trinajstić information content (AvgIpc) is 3.19. The van der Waals surface area contributed by atoms with Crippen LogP contribution in [0, 0.1) is 0 Å². The van der Waals surface area contributed by atoms with E-state index in [0.29, 0.717) is 12.8 Å². The molecule has 2 unspecified atom stereocenters. The number of ether oxygens (including phenoxy) is 1. The Bertz CT molecular complexity index is 933. The van der Waals surface area contributed by atoms with Crippen LogP contribution in [0.3, 0.4) is 0 Å². The van der Waals surface area contributed by atoms with Crippen molar-refractivity contribution in [2.24, 2.45) is 0 Å². The Hall–Kier alpha value is -3.19. The van der Waals surface area contributed by atoms with E-state index in [9.17, 15) is 14.4 Å². The van der Waals surface area contributed by atoms with Crippen LogP contribution in [0.15, 0.2) is 60.7 Å². The minimum atomic E-state index is -1.01. The summed E-state index contributed by atoms with van der Waals surface area (Å²) in [6.07, 6.45) is 0.813. The predicted molar refractivity (Wildman–Crippen MR) is 107 cm³/mol. The highest BCUT2D eigenvalue weighted by atomic mass is 16.7. The maximum atomic E-state index is 12.9. The zero-order valence-corrected chi connectivity index (χ0v) is 16.8. The minimum absolute atomic E-state index is 0.134. The van der Waals surface area contributed by atoms with E-state index in [1.165, 1.54) is 16.9 Å². The number of hydrogen-bond donors (Lipinski definition) is 0. The minimum Gasteiger partial charge on any atom is -0.459 e. The first-order valence-electron chi connectivity index (χ1n) is 10.0. The number of hydroxylamine groups is 2. The van der Waals surface area contributed by atoms with E-state index >= 15 is 0 Å². The number of hydrogen-bond acceptors (Lipinski definition) is 5. The first-order chi connectivity index (χ1) is 14.5. The molecule has 7 heteroatoms. The molecule has 0 bridgehead atoms. The van der Waals surface area contributed by atoms with Crippen LogP contribution in [0.1, 0.15) is 30.9 Å². The highest BCUT2D eigenvalue weighted by Gasteiger charge is 2.64. The molecule has 0 aliphatic carbocycles. The van der Waals surface area contributed by atoms with Gasteiger partial charge < -0.3 is 9.64 Å². The molecule has 0 aromatic heterocycles. The largest absolute Gasteiger partial charge is 0.459 e. The number of β-lactam (4-membered cyclic amide) rings is 1. The molecule has 2 aliphatic rings. The summed E-state index contributed by atoms with van der Waals surface area (Å²) in [7, 11) is 0. The molecule has 2 amide bonds. The van der Waals surface area contributed by atoms with Crippen LogP contribution in [0.4, 0.5) is 0 Å². The molecule has 2 fully saturated rings. The van der Waals surface area contributed by atoms with Crippen LogP contribution in [-0.4, -0.2) is 45.9 Å². The lowest BCUT2D eigenvalue weighted by molar-refractivity contribution is -0.243. The molecule has 0 radical (unpaired) electrons. The van der Waals surface area contributed by atoms with Crippen molar-refractivity contribution in [3.05, 3.63) is 71.8 Å². The zero-order valence-electron chi connectivity index (χ0n) is 16.8. The molecule has 2 aromatic rings. The topological polar surface area (TPSA) is 76.2 Å². The third-order valence-corrected chi connectivity index (χ3v) is 5.70. The van der Waals surface area contributed by atoms with Gasteiger partial charge in [-0.3, -0.25) is 14.4 Å². The van der Waals surface area contributed by atoms with Crippen molar-refractivity contribution in [1.82, 2.24) is 9.96 Å². The Morgan fingerprint density at radius 1 is 1.00 bits per heavy atom. The van der Waals surface area contributed by atoms with Crippen molar-refractivity contribution in [2.75, 3.05) is 6.54 Å². The van der Waals surface area contributed by atoms with Gasteiger partial charge in [0.1, 0.15) is 24.8 Å². The van der Waals surface area contributed by atoms with E-state index in [0.717, 1.165) is 11.1 Å². The van der Waals surface area contributed by atoms with E-state index in [1.807, 2.05) is 60.7 Å². The van der Waals surface area contributed by atoms with Gasteiger partial charge in [-0.05, 0) is 24.0 Å². The number of carbonyl (C=O) groups is 3. The molecule has 2 aliphatic heterocycles. The Balaban J connectivity index is 1.39. The fraction of sp³-hybridized carbons (Fsp3) is 0.348. The Morgan fingerprint density at radius 3 is 2.17 bits per heavy atom. The monoisotopic (exact) mass is 408 g/mol. The molecule has 2 aromatic carbocycles. The molecule has 2 heterocycles. The third-order valence-electron chi connectivity index (χ3n) is 5.70. The number of amides is 2. The van der Waals surface area contributed by atoms with Crippen LogP contribution < -0.4 is 0 Å². The number of benzene rings is 2. The lowest BCUT2D eigenvalue weighted by atomic mass is 9.87. The fourth-order valence-electron chi connectivity index (χ4n) is 4.21. The van der Waals surface area contributed by atoms with Gasteiger partial charge >= 0.3 is 5.97 Å². The summed E-state index contributed by atoms with van der Waals surface area (Å²) in [4.78, 5) is 45.0. The molecular weight excluding hydrogens is 384 g/mol.